The second-order valence-corrected chi connectivity index (χ2v) is 9.35. The van der Waals surface area contributed by atoms with Gasteiger partial charge in [-0.25, -0.2) is 9.37 Å². The Hall–Kier alpha value is -2.68. The van der Waals surface area contributed by atoms with Crippen LogP contribution in [0.3, 0.4) is 0 Å². The van der Waals surface area contributed by atoms with Gasteiger partial charge in [-0.2, -0.15) is 5.26 Å². The van der Waals surface area contributed by atoms with Crippen LogP contribution in [0.15, 0.2) is 34.9 Å². The van der Waals surface area contributed by atoms with E-state index >= 15 is 4.39 Å². The van der Waals surface area contributed by atoms with Crippen molar-refractivity contribution in [3.05, 3.63) is 73.4 Å². The number of ether oxygens (including phenoxy) is 1. The molecule has 0 fully saturated rings. The molecule has 0 spiro atoms. The maximum Gasteiger partial charge on any atom is 0.270 e. The Balaban J connectivity index is 1.68. The fourth-order valence-corrected chi connectivity index (χ4v) is 3.92. The highest BCUT2D eigenvalue weighted by Gasteiger charge is 2.19. The molecule has 1 amide bonds. The molecular formula is C23H22BrCl2FN6O2. The van der Waals surface area contributed by atoms with Gasteiger partial charge in [0.2, 0.25) is 0 Å². The van der Waals surface area contributed by atoms with Gasteiger partial charge in [-0.05, 0) is 54.3 Å². The summed E-state index contributed by atoms with van der Waals surface area (Å²) < 4.78 is 21.1. The van der Waals surface area contributed by atoms with Gasteiger partial charge in [0.15, 0.2) is 11.6 Å². The van der Waals surface area contributed by atoms with Crippen LogP contribution in [-0.2, 0) is 13.1 Å². The summed E-state index contributed by atoms with van der Waals surface area (Å²) in [5, 5.41) is 15.3. The van der Waals surface area contributed by atoms with Crippen molar-refractivity contribution in [1.82, 2.24) is 25.5 Å². The number of carbonyl (C=O) groups excluding carboxylic acids is 1. The van der Waals surface area contributed by atoms with Gasteiger partial charge in [0.1, 0.15) is 21.9 Å². The Morgan fingerprint density at radius 3 is 2.77 bits per heavy atom. The van der Waals surface area contributed by atoms with Gasteiger partial charge in [0, 0.05) is 30.2 Å². The number of likely N-dealkylation sites (N-methyl/N-ethyl adjacent to an activating group) is 1. The van der Waals surface area contributed by atoms with Gasteiger partial charge in [0.25, 0.3) is 5.91 Å². The summed E-state index contributed by atoms with van der Waals surface area (Å²) in [6, 6.07) is 9.17. The molecule has 0 aliphatic carbocycles. The van der Waals surface area contributed by atoms with E-state index in [1.54, 1.807) is 0 Å². The van der Waals surface area contributed by atoms with Gasteiger partial charge in [-0.15, -0.1) is 0 Å². The lowest BCUT2D eigenvalue weighted by molar-refractivity contribution is 0.0945. The lowest BCUT2D eigenvalue weighted by Gasteiger charge is -2.13. The Bertz CT molecular complexity index is 1260. The van der Waals surface area contributed by atoms with Crippen LogP contribution in [0.5, 0.6) is 11.5 Å². The van der Waals surface area contributed by atoms with E-state index in [1.807, 2.05) is 20.2 Å². The normalized spacial score (nSPS) is 10.9. The number of aromatic amines is 1. The topological polar surface area (TPSA) is 106 Å². The first-order chi connectivity index (χ1) is 16.7. The van der Waals surface area contributed by atoms with Crippen LogP contribution in [0.4, 0.5) is 4.39 Å². The van der Waals surface area contributed by atoms with Crippen molar-refractivity contribution < 1.29 is 13.9 Å². The number of nitrogens with zero attached hydrogens (tertiary/aromatic N) is 3. The van der Waals surface area contributed by atoms with Gasteiger partial charge in [0.05, 0.1) is 23.2 Å². The van der Waals surface area contributed by atoms with Crippen LogP contribution in [0, 0.1) is 17.1 Å². The standard InChI is InChI=1S/C23H22BrCl2FN6O2/c1-33(2)6-5-29-12-18-31-20(22(24)32-18)23(34)30-11-14-3-4-17(26)21(19(14)27)35-16-8-13(10-28)7-15(25)9-16/h3-4,7-9,29H,5-6,11-12H2,1-2H3,(H,30,34)(H,31,32). The molecule has 0 atom stereocenters. The molecule has 12 heteroatoms. The number of nitriles is 1. The minimum atomic E-state index is -0.745. The molecule has 35 heavy (non-hydrogen) atoms. The Morgan fingerprint density at radius 1 is 1.29 bits per heavy atom. The third kappa shape index (κ3) is 7.40. The third-order valence-electron chi connectivity index (χ3n) is 4.75. The molecule has 184 valence electrons. The van der Waals surface area contributed by atoms with Crippen molar-refractivity contribution in [1.29, 1.82) is 5.26 Å². The highest BCUT2D eigenvalue weighted by atomic mass is 79.9. The number of carbonyl (C=O) groups is 1. The highest BCUT2D eigenvalue weighted by Crippen LogP contribution is 2.35. The van der Waals surface area contributed by atoms with Gasteiger partial charge in [-0.1, -0.05) is 29.3 Å². The smallest absolute Gasteiger partial charge is 0.270 e. The molecule has 0 saturated heterocycles. The van der Waals surface area contributed by atoms with Crippen LogP contribution >= 0.6 is 39.1 Å². The van der Waals surface area contributed by atoms with E-state index < -0.39 is 11.7 Å². The number of hydrogen-bond acceptors (Lipinski definition) is 6. The fraction of sp³-hybridized carbons (Fsp3) is 0.261. The zero-order chi connectivity index (χ0) is 25.5. The Morgan fingerprint density at radius 2 is 2.06 bits per heavy atom. The average Bonchev–Trinajstić information content (AvgIpc) is 3.18. The molecule has 1 aromatic heterocycles. The molecule has 0 unspecified atom stereocenters. The Labute approximate surface area is 220 Å². The SMILES string of the molecule is CN(C)CCNCc1nc(Br)c(C(=O)NCc2ccc(Cl)c(Oc3cc(Cl)cc(C#N)c3)c2F)[nH]1. The van der Waals surface area contributed by atoms with Crippen LogP contribution < -0.4 is 15.4 Å². The summed E-state index contributed by atoms with van der Waals surface area (Å²) in [6.07, 6.45) is 0. The van der Waals surface area contributed by atoms with Crippen LogP contribution in [0.2, 0.25) is 10.0 Å². The molecule has 1 heterocycles. The monoisotopic (exact) mass is 582 g/mol. The fourth-order valence-electron chi connectivity index (χ4n) is 3.01. The second kappa shape index (κ2) is 12.3. The van der Waals surface area contributed by atoms with E-state index in [1.165, 1.54) is 30.3 Å². The molecule has 0 saturated carbocycles. The molecule has 0 radical (unpaired) electrons. The predicted octanol–water partition coefficient (Wildman–Crippen LogP) is 4.86. The summed E-state index contributed by atoms with van der Waals surface area (Å²) in [4.78, 5) is 22.0. The molecular weight excluding hydrogens is 562 g/mol. The van der Waals surface area contributed by atoms with E-state index in [-0.39, 0.29) is 44.9 Å². The van der Waals surface area contributed by atoms with Crippen molar-refractivity contribution in [3.8, 4) is 17.6 Å². The number of rotatable bonds is 10. The number of imidazole rings is 1. The minimum absolute atomic E-state index is 0.0266. The Kier molecular flexibility index (Phi) is 9.48. The summed E-state index contributed by atoms with van der Waals surface area (Å²) in [5.74, 6) is -0.699. The van der Waals surface area contributed by atoms with E-state index in [0.717, 1.165) is 13.1 Å². The lowest BCUT2D eigenvalue weighted by Crippen LogP contribution is -2.26. The van der Waals surface area contributed by atoms with E-state index in [4.69, 9.17) is 33.2 Å². The first-order valence-electron chi connectivity index (χ1n) is 10.4. The van der Waals surface area contributed by atoms with Crippen molar-refractivity contribution in [2.24, 2.45) is 0 Å². The number of hydrogen-bond donors (Lipinski definition) is 3. The van der Waals surface area contributed by atoms with Gasteiger partial charge in [-0.3, -0.25) is 4.79 Å². The van der Waals surface area contributed by atoms with Crippen molar-refractivity contribution in [2.75, 3.05) is 27.2 Å². The first-order valence-corrected chi connectivity index (χ1v) is 12.0. The van der Waals surface area contributed by atoms with Crippen LogP contribution in [0.1, 0.15) is 27.4 Å². The maximum atomic E-state index is 15.2. The summed E-state index contributed by atoms with van der Waals surface area (Å²) in [5.41, 5.74) is 0.634. The zero-order valence-corrected chi connectivity index (χ0v) is 22.0. The molecule has 3 N–H and O–H groups in total. The quantitative estimate of drug-likeness (QED) is 0.294. The summed E-state index contributed by atoms with van der Waals surface area (Å²) in [6.45, 7) is 1.97. The largest absolute Gasteiger partial charge is 0.453 e. The van der Waals surface area contributed by atoms with E-state index in [2.05, 4.69) is 41.4 Å². The lowest BCUT2D eigenvalue weighted by atomic mass is 10.2. The number of benzene rings is 2. The first kappa shape index (κ1) is 26.9. The molecule has 2 aromatic carbocycles. The molecule has 3 aromatic rings. The zero-order valence-electron chi connectivity index (χ0n) is 18.9. The second-order valence-electron chi connectivity index (χ2n) is 7.75. The molecule has 0 bridgehead atoms. The number of aromatic nitrogens is 2. The number of H-pyrrole nitrogens is 1. The van der Waals surface area contributed by atoms with Crippen LogP contribution in [-0.4, -0.2) is 48.0 Å². The van der Waals surface area contributed by atoms with Gasteiger partial charge < -0.3 is 25.3 Å². The summed E-state index contributed by atoms with van der Waals surface area (Å²) >= 11 is 15.4. The molecule has 0 aliphatic heterocycles. The van der Waals surface area contributed by atoms with Crippen molar-refractivity contribution in [3.63, 3.8) is 0 Å². The van der Waals surface area contributed by atoms with Crippen molar-refractivity contribution >= 4 is 45.0 Å². The molecule has 8 nitrogen and oxygen atoms in total. The number of nitrogens with one attached hydrogen (secondary N) is 3. The third-order valence-corrected chi connectivity index (χ3v) is 5.84. The highest BCUT2D eigenvalue weighted by molar-refractivity contribution is 9.10. The average molecular weight is 584 g/mol. The molecule has 0 aliphatic rings. The number of halogens is 4. The number of amides is 1. The molecule has 3 rings (SSSR count). The maximum absolute atomic E-state index is 15.2. The summed E-state index contributed by atoms with van der Waals surface area (Å²) in [7, 11) is 3.96. The van der Waals surface area contributed by atoms with E-state index in [9.17, 15) is 4.79 Å². The van der Waals surface area contributed by atoms with Gasteiger partial charge >= 0.3 is 0 Å². The minimum Gasteiger partial charge on any atom is -0.453 e. The van der Waals surface area contributed by atoms with E-state index in [0.29, 0.717) is 17.0 Å². The van der Waals surface area contributed by atoms with Crippen molar-refractivity contribution in [2.45, 2.75) is 13.1 Å². The predicted molar refractivity (Wildman–Crippen MR) is 135 cm³/mol. The van der Waals surface area contributed by atoms with Crippen LogP contribution in [0.25, 0.3) is 0 Å².